The number of nitrogens with one attached hydrogen (secondary N) is 2. The first-order chi connectivity index (χ1) is 7.13. The molecule has 0 atom stereocenters. The summed E-state index contributed by atoms with van der Waals surface area (Å²) in [6.07, 6.45) is 0. The number of rotatable bonds is 1. The maximum atomic E-state index is 12.4. The van der Waals surface area contributed by atoms with E-state index in [2.05, 4.69) is 10.7 Å². The molecule has 0 saturated carbocycles. The van der Waals surface area contributed by atoms with Crippen LogP contribution in [0.25, 0.3) is 0 Å². The summed E-state index contributed by atoms with van der Waals surface area (Å²) in [5.74, 6) is 4.74. The smallest absolute Gasteiger partial charge is 0.185 e. The quantitative estimate of drug-likeness (QED) is 0.329. The average molecular weight is 231 g/mol. The summed E-state index contributed by atoms with van der Waals surface area (Å²) in [7, 11) is 0. The van der Waals surface area contributed by atoms with E-state index in [1.807, 2.05) is 0 Å². The summed E-state index contributed by atoms with van der Waals surface area (Å²) >= 11 is 4.73. The van der Waals surface area contributed by atoms with Gasteiger partial charge in [-0.3, -0.25) is 0 Å². The van der Waals surface area contributed by atoms with Gasteiger partial charge in [0.2, 0.25) is 0 Å². The lowest BCUT2D eigenvalue weighted by atomic mass is 10.3. The predicted octanol–water partition coefficient (Wildman–Crippen LogP) is 0.984. The van der Waals surface area contributed by atoms with Crippen molar-refractivity contribution in [2.45, 2.75) is 6.92 Å². The van der Waals surface area contributed by atoms with Crippen molar-refractivity contribution in [3.05, 3.63) is 30.1 Å². The van der Waals surface area contributed by atoms with E-state index in [-0.39, 0.29) is 12.4 Å². The molecular weight excluding hydrogens is 217 g/mol. The van der Waals surface area contributed by atoms with Crippen molar-refractivity contribution in [1.29, 1.82) is 0 Å². The standard InChI is InChI=1S/C7H8FN3S.C2H6O/c8-5-1-3-6(4-2-5)10-7(12)11-9;1-2-3/h1-4H,9H2,(H2,10,11,12);3H,2H2,1H3. The van der Waals surface area contributed by atoms with Crippen LogP contribution in [0.2, 0.25) is 0 Å². The third-order valence-electron chi connectivity index (χ3n) is 1.23. The number of anilines is 1. The number of aliphatic hydroxyl groups excluding tert-OH is 1. The van der Waals surface area contributed by atoms with Gasteiger partial charge in [0.05, 0.1) is 0 Å². The number of hydrogen-bond donors (Lipinski definition) is 4. The molecule has 4 nitrogen and oxygen atoms in total. The van der Waals surface area contributed by atoms with Gasteiger partial charge in [-0.25, -0.2) is 10.2 Å². The van der Waals surface area contributed by atoms with Crippen LogP contribution in [0.1, 0.15) is 6.92 Å². The maximum Gasteiger partial charge on any atom is 0.185 e. The first-order valence-corrected chi connectivity index (χ1v) is 4.68. The topological polar surface area (TPSA) is 70.3 Å². The maximum absolute atomic E-state index is 12.4. The first kappa shape index (κ1) is 13.8. The van der Waals surface area contributed by atoms with Crippen LogP contribution in [0.5, 0.6) is 0 Å². The highest BCUT2D eigenvalue weighted by atomic mass is 32.1. The summed E-state index contributed by atoms with van der Waals surface area (Å²) in [6.45, 7) is 1.93. The molecule has 0 saturated heterocycles. The van der Waals surface area contributed by atoms with Gasteiger partial charge in [0.15, 0.2) is 5.11 Å². The molecule has 84 valence electrons. The van der Waals surface area contributed by atoms with Crippen LogP contribution in [-0.4, -0.2) is 16.8 Å². The van der Waals surface area contributed by atoms with Crippen LogP contribution in [0.4, 0.5) is 10.1 Å². The van der Waals surface area contributed by atoms with E-state index < -0.39 is 0 Å². The zero-order chi connectivity index (χ0) is 11.7. The molecule has 0 bridgehead atoms. The Bertz CT molecular complexity index is 292. The largest absolute Gasteiger partial charge is 0.397 e. The first-order valence-electron chi connectivity index (χ1n) is 4.28. The lowest BCUT2D eigenvalue weighted by Crippen LogP contribution is -2.34. The number of thiocarbonyl (C=S) groups is 1. The van der Waals surface area contributed by atoms with Crippen LogP contribution in [-0.2, 0) is 0 Å². The molecule has 0 spiro atoms. The highest BCUT2D eigenvalue weighted by molar-refractivity contribution is 7.80. The number of hydrogen-bond acceptors (Lipinski definition) is 3. The van der Waals surface area contributed by atoms with Crippen molar-refractivity contribution in [3.8, 4) is 0 Å². The molecule has 1 aromatic carbocycles. The Morgan fingerprint density at radius 3 is 2.33 bits per heavy atom. The van der Waals surface area contributed by atoms with Crippen molar-refractivity contribution in [1.82, 2.24) is 5.43 Å². The molecule has 0 aliphatic heterocycles. The van der Waals surface area contributed by atoms with Gasteiger partial charge in [-0.15, -0.1) is 0 Å². The molecule has 0 amide bonds. The zero-order valence-corrected chi connectivity index (χ0v) is 9.14. The average Bonchev–Trinajstić information content (AvgIpc) is 2.22. The Hall–Kier alpha value is -1.24. The van der Waals surface area contributed by atoms with Gasteiger partial charge in [-0.2, -0.15) is 0 Å². The summed E-state index contributed by atoms with van der Waals surface area (Å²) in [5.41, 5.74) is 2.95. The van der Waals surface area contributed by atoms with Gasteiger partial charge in [0.1, 0.15) is 5.82 Å². The molecule has 5 N–H and O–H groups in total. The van der Waals surface area contributed by atoms with Crippen molar-refractivity contribution < 1.29 is 9.50 Å². The number of hydrazine groups is 1. The SMILES string of the molecule is CCO.NNC(=S)Nc1ccc(F)cc1. The van der Waals surface area contributed by atoms with Crippen LogP contribution < -0.4 is 16.6 Å². The van der Waals surface area contributed by atoms with Gasteiger partial charge >= 0.3 is 0 Å². The van der Waals surface area contributed by atoms with E-state index in [1.54, 1.807) is 19.1 Å². The van der Waals surface area contributed by atoms with Gasteiger partial charge in [-0.1, -0.05) is 0 Å². The van der Waals surface area contributed by atoms with Gasteiger partial charge in [0.25, 0.3) is 0 Å². The van der Waals surface area contributed by atoms with E-state index in [0.717, 1.165) is 0 Å². The van der Waals surface area contributed by atoms with Gasteiger partial charge in [0, 0.05) is 12.3 Å². The van der Waals surface area contributed by atoms with E-state index in [4.69, 9.17) is 23.2 Å². The Labute approximate surface area is 93.3 Å². The highest BCUT2D eigenvalue weighted by Gasteiger charge is 1.94. The molecule has 0 heterocycles. The summed E-state index contributed by atoms with van der Waals surface area (Å²) in [4.78, 5) is 0. The van der Waals surface area contributed by atoms with E-state index in [0.29, 0.717) is 10.8 Å². The molecule has 15 heavy (non-hydrogen) atoms. The minimum atomic E-state index is -0.285. The molecule has 0 radical (unpaired) electrons. The minimum Gasteiger partial charge on any atom is -0.397 e. The Balaban J connectivity index is 0.000000583. The fourth-order valence-corrected chi connectivity index (χ4v) is 0.818. The molecule has 0 aliphatic rings. The molecule has 6 heteroatoms. The number of nitrogens with two attached hydrogens (primary N) is 1. The summed E-state index contributed by atoms with van der Waals surface area (Å²) in [6, 6.07) is 5.81. The van der Waals surface area contributed by atoms with Crippen molar-refractivity contribution >= 4 is 23.0 Å². The van der Waals surface area contributed by atoms with Crippen molar-refractivity contribution in [3.63, 3.8) is 0 Å². The fraction of sp³-hybridized carbons (Fsp3) is 0.222. The lowest BCUT2D eigenvalue weighted by Gasteiger charge is -2.05. The third-order valence-corrected chi connectivity index (χ3v) is 1.45. The Morgan fingerprint density at radius 2 is 1.93 bits per heavy atom. The second kappa shape index (κ2) is 8.10. The molecular formula is C9H14FN3OS. The molecule has 0 fully saturated rings. The highest BCUT2D eigenvalue weighted by Crippen LogP contribution is 2.07. The molecule has 0 aromatic heterocycles. The van der Waals surface area contributed by atoms with Crippen LogP contribution in [0.3, 0.4) is 0 Å². The Kier molecular flexibility index (Phi) is 7.43. The molecule has 0 unspecified atom stereocenters. The molecule has 1 rings (SSSR count). The van der Waals surface area contributed by atoms with E-state index >= 15 is 0 Å². The normalized spacial score (nSPS) is 8.53. The van der Waals surface area contributed by atoms with Crippen molar-refractivity contribution in [2.24, 2.45) is 5.84 Å². The zero-order valence-electron chi connectivity index (χ0n) is 8.33. The number of aliphatic hydroxyl groups is 1. The Morgan fingerprint density at radius 1 is 1.47 bits per heavy atom. The summed E-state index contributed by atoms with van der Waals surface area (Å²) in [5, 5.41) is 10.6. The van der Waals surface area contributed by atoms with Gasteiger partial charge < -0.3 is 15.8 Å². The van der Waals surface area contributed by atoms with Crippen molar-refractivity contribution in [2.75, 3.05) is 11.9 Å². The number of halogens is 1. The third kappa shape index (κ3) is 6.78. The van der Waals surface area contributed by atoms with E-state index in [9.17, 15) is 4.39 Å². The number of benzene rings is 1. The van der Waals surface area contributed by atoms with Crippen LogP contribution in [0, 0.1) is 5.82 Å². The van der Waals surface area contributed by atoms with E-state index in [1.165, 1.54) is 12.1 Å². The second-order valence-electron chi connectivity index (χ2n) is 2.42. The monoisotopic (exact) mass is 231 g/mol. The molecule has 0 aliphatic carbocycles. The molecule has 1 aromatic rings. The fourth-order valence-electron chi connectivity index (χ4n) is 0.700. The van der Waals surface area contributed by atoms with Crippen LogP contribution in [0.15, 0.2) is 24.3 Å². The summed E-state index contributed by atoms with van der Waals surface area (Å²) < 4.78 is 12.4. The minimum absolute atomic E-state index is 0.250. The van der Waals surface area contributed by atoms with Gasteiger partial charge in [-0.05, 0) is 43.4 Å². The predicted molar refractivity (Wildman–Crippen MR) is 62.7 cm³/mol. The lowest BCUT2D eigenvalue weighted by molar-refractivity contribution is 0.318. The van der Waals surface area contributed by atoms with Crippen LogP contribution >= 0.6 is 12.2 Å². The second-order valence-corrected chi connectivity index (χ2v) is 2.83.